The molecule has 2 saturated carbocycles. The molecule has 0 bridgehead atoms. The van der Waals surface area contributed by atoms with Gasteiger partial charge in [0.05, 0.1) is 11.5 Å². The maximum Gasteiger partial charge on any atom is 0.336 e. The summed E-state index contributed by atoms with van der Waals surface area (Å²) in [6, 6.07) is 8.40. The SMILES string of the molecule is CCN(CC)c1ccc([C@H]2C(C(=O)OC3CCCC3)=C(C)N=C3CC(C)(C)CC(=O)C32)cc1. The number of hydrogen-bond acceptors (Lipinski definition) is 5. The van der Waals surface area contributed by atoms with Crippen LogP contribution in [0.2, 0.25) is 0 Å². The largest absolute Gasteiger partial charge is 0.459 e. The molecule has 3 aliphatic rings. The molecule has 0 spiro atoms. The topological polar surface area (TPSA) is 59.0 Å². The Hall–Kier alpha value is -2.43. The van der Waals surface area contributed by atoms with Gasteiger partial charge in [0.15, 0.2) is 0 Å². The molecule has 0 N–H and O–H groups in total. The number of carbonyl (C=O) groups excluding carboxylic acids is 2. The molecule has 1 unspecified atom stereocenters. The summed E-state index contributed by atoms with van der Waals surface area (Å²) < 4.78 is 5.94. The zero-order valence-corrected chi connectivity index (χ0v) is 20.8. The Balaban J connectivity index is 1.75. The van der Waals surface area contributed by atoms with Crippen molar-refractivity contribution in [3.8, 4) is 0 Å². The zero-order chi connectivity index (χ0) is 23.8. The number of anilines is 1. The van der Waals surface area contributed by atoms with Gasteiger partial charge in [-0.2, -0.15) is 0 Å². The Morgan fingerprint density at radius 1 is 1.06 bits per heavy atom. The molecule has 5 nitrogen and oxygen atoms in total. The highest BCUT2D eigenvalue weighted by molar-refractivity contribution is 6.12. The third-order valence-electron chi connectivity index (χ3n) is 7.54. The van der Waals surface area contributed by atoms with E-state index in [1.807, 2.05) is 6.92 Å². The van der Waals surface area contributed by atoms with Gasteiger partial charge in [0.2, 0.25) is 0 Å². The molecule has 1 aromatic rings. The zero-order valence-electron chi connectivity index (χ0n) is 20.8. The van der Waals surface area contributed by atoms with E-state index in [0.29, 0.717) is 17.7 Å². The first-order valence-corrected chi connectivity index (χ1v) is 12.6. The fraction of sp³-hybridized carbons (Fsp3) is 0.607. The van der Waals surface area contributed by atoms with Crippen molar-refractivity contribution in [2.24, 2.45) is 16.3 Å². The number of ketones is 1. The predicted molar refractivity (Wildman–Crippen MR) is 133 cm³/mol. The Labute approximate surface area is 198 Å². The van der Waals surface area contributed by atoms with Crippen LogP contribution in [0.1, 0.15) is 84.6 Å². The first-order chi connectivity index (χ1) is 15.7. The van der Waals surface area contributed by atoms with E-state index in [4.69, 9.17) is 9.73 Å². The number of esters is 1. The van der Waals surface area contributed by atoms with E-state index in [1.54, 1.807) is 0 Å². The number of fused-ring (bicyclic) bond motifs is 1. The van der Waals surface area contributed by atoms with Crippen molar-refractivity contribution < 1.29 is 14.3 Å². The van der Waals surface area contributed by atoms with Gasteiger partial charge in [-0.15, -0.1) is 0 Å². The molecule has 1 aliphatic heterocycles. The predicted octanol–water partition coefficient (Wildman–Crippen LogP) is 5.84. The molecule has 0 saturated heterocycles. The summed E-state index contributed by atoms with van der Waals surface area (Å²) in [5.74, 6) is -0.827. The minimum absolute atomic E-state index is 0.0186. The maximum absolute atomic E-state index is 13.5. The smallest absolute Gasteiger partial charge is 0.336 e. The Kier molecular flexibility index (Phi) is 6.78. The van der Waals surface area contributed by atoms with Crippen molar-refractivity contribution >= 4 is 23.2 Å². The van der Waals surface area contributed by atoms with Gasteiger partial charge >= 0.3 is 5.97 Å². The second-order valence-corrected chi connectivity index (χ2v) is 10.6. The first-order valence-electron chi connectivity index (χ1n) is 12.6. The molecule has 2 aliphatic carbocycles. The number of aliphatic imine (C=N–C) groups is 1. The standard InChI is InChI=1S/C28H38N2O3/c1-6-30(7-2)20-14-12-19(13-15-20)25-24(27(32)33-21-10-8-9-11-21)18(3)29-22-16-28(4,5)17-23(31)26(22)25/h12-15,21,25-26H,6-11,16-17H2,1-5H3/t25-,26?/m0/s1. The summed E-state index contributed by atoms with van der Waals surface area (Å²) in [6.07, 6.45) is 5.32. The van der Waals surface area contributed by atoms with Gasteiger partial charge in [-0.1, -0.05) is 26.0 Å². The average Bonchev–Trinajstić information content (AvgIpc) is 3.26. The van der Waals surface area contributed by atoms with Crippen molar-refractivity contribution in [3.63, 3.8) is 0 Å². The van der Waals surface area contributed by atoms with Gasteiger partial charge in [-0.3, -0.25) is 9.79 Å². The van der Waals surface area contributed by atoms with Crippen LogP contribution in [0.5, 0.6) is 0 Å². The number of rotatable bonds is 6. The summed E-state index contributed by atoms with van der Waals surface area (Å²) in [4.78, 5) is 34.0. The highest BCUT2D eigenvalue weighted by atomic mass is 16.5. The van der Waals surface area contributed by atoms with Crippen molar-refractivity contribution in [1.29, 1.82) is 0 Å². The second-order valence-electron chi connectivity index (χ2n) is 10.6. The molecule has 0 aromatic heterocycles. The van der Waals surface area contributed by atoms with Gasteiger partial charge in [-0.05, 0) is 76.0 Å². The summed E-state index contributed by atoms with van der Waals surface area (Å²) >= 11 is 0. The van der Waals surface area contributed by atoms with Crippen molar-refractivity contribution in [1.82, 2.24) is 0 Å². The molecule has 1 aromatic carbocycles. The number of nitrogens with zero attached hydrogens (tertiary/aromatic N) is 2. The van der Waals surface area contributed by atoms with Crippen molar-refractivity contribution in [2.75, 3.05) is 18.0 Å². The second kappa shape index (κ2) is 9.44. The van der Waals surface area contributed by atoms with Crippen LogP contribution in [-0.4, -0.2) is 36.7 Å². The summed E-state index contributed by atoms with van der Waals surface area (Å²) in [7, 11) is 0. The van der Waals surface area contributed by atoms with Crippen LogP contribution < -0.4 is 4.90 Å². The number of ether oxygens (including phenoxy) is 1. The lowest BCUT2D eigenvalue weighted by atomic mass is 9.63. The number of allylic oxidation sites excluding steroid dienone is 1. The van der Waals surface area contributed by atoms with E-state index in [0.717, 1.165) is 62.2 Å². The van der Waals surface area contributed by atoms with Crippen LogP contribution in [0, 0.1) is 11.3 Å². The van der Waals surface area contributed by atoms with Crippen LogP contribution in [0.15, 0.2) is 40.5 Å². The molecule has 4 rings (SSSR count). The van der Waals surface area contributed by atoms with E-state index in [9.17, 15) is 9.59 Å². The number of benzene rings is 1. The molecule has 1 heterocycles. The van der Waals surface area contributed by atoms with E-state index >= 15 is 0 Å². The van der Waals surface area contributed by atoms with Crippen LogP contribution in [0.4, 0.5) is 5.69 Å². The van der Waals surface area contributed by atoms with E-state index in [2.05, 4.69) is 56.9 Å². The maximum atomic E-state index is 13.5. The lowest BCUT2D eigenvalue weighted by Crippen LogP contribution is -2.44. The normalized spacial score (nSPS) is 25.0. The lowest BCUT2D eigenvalue weighted by molar-refractivity contribution is -0.144. The molecule has 2 atom stereocenters. The minimum atomic E-state index is -0.382. The fourth-order valence-electron chi connectivity index (χ4n) is 5.92. The van der Waals surface area contributed by atoms with E-state index in [-0.39, 0.29) is 35.1 Å². The highest BCUT2D eigenvalue weighted by Gasteiger charge is 2.48. The Morgan fingerprint density at radius 2 is 1.70 bits per heavy atom. The molecule has 0 radical (unpaired) electrons. The van der Waals surface area contributed by atoms with Crippen LogP contribution >= 0.6 is 0 Å². The van der Waals surface area contributed by atoms with Gasteiger partial charge < -0.3 is 9.64 Å². The molecule has 5 heteroatoms. The van der Waals surface area contributed by atoms with Gasteiger partial charge in [0.25, 0.3) is 0 Å². The van der Waals surface area contributed by atoms with Crippen LogP contribution in [0.3, 0.4) is 0 Å². The third-order valence-corrected chi connectivity index (χ3v) is 7.54. The third kappa shape index (κ3) is 4.78. The minimum Gasteiger partial charge on any atom is -0.459 e. The van der Waals surface area contributed by atoms with E-state index < -0.39 is 0 Å². The fourth-order valence-corrected chi connectivity index (χ4v) is 5.92. The van der Waals surface area contributed by atoms with Crippen LogP contribution in [0.25, 0.3) is 0 Å². The van der Waals surface area contributed by atoms with Crippen molar-refractivity contribution in [2.45, 2.75) is 85.2 Å². The average molecular weight is 451 g/mol. The number of carbonyl (C=O) groups is 2. The Bertz CT molecular complexity index is 963. The Morgan fingerprint density at radius 3 is 2.30 bits per heavy atom. The van der Waals surface area contributed by atoms with Gasteiger partial charge in [0, 0.05) is 42.5 Å². The molecule has 178 valence electrons. The molecular formula is C28H38N2O3. The van der Waals surface area contributed by atoms with Gasteiger partial charge in [-0.25, -0.2) is 4.79 Å². The summed E-state index contributed by atoms with van der Waals surface area (Å²) in [5.41, 5.74) is 4.23. The highest BCUT2D eigenvalue weighted by Crippen LogP contribution is 2.47. The van der Waals surface area contributed by atoms with Crippen molar-refractivity contribution in [3.05, 3.63) is 41.1 Å². The summed E-state index contributed by atoms with van der Waals surface area (Å²) in [6.45, 7) is 12.3. The first kappa shape index (κ1) is 23.7. The number of hydrogen-bond donors (Lipinski definition) is 0. The van der Waals surface area contributed by atoms with E-state index in [1.165, 1.54) is 0 Å². The quantitative estimate of drug-likeness (QED) is 0.511. The summed E-state index contributed by atoms with van der Waals surface area (Å²) in [5, 5.41) is 0. The van der Waals surface area contributed by atoms with Gasteiger partial charge in [0.1, 0.15) is 11.9 Å². The molecule has 33 heavy (non-hydrogen) atoms. The van der Waals surface area contributed by atoms with Crippen LogP contribution in [-0.2, 0) is 14.3 Å². The molecule has 2 fully saturated rings. The molecule has 0 amide bonds. The molecular weight excluding hydrogens is 412 g/mol. The monoisotopic (exact) mass is 450 g/mol. The lowest BCUT2D eigenvalue weighted by Gasteiger charge is -2.41. The number of Topliss-reactive ketones (excluding diaryl/α,β-unsaturated/α-hetero) is 1.